The van der Waals surface area contributed by atoms with Crippen molar-refractivity contribution in [3.63, 3.8) is 0 Å². The molecule has 2 aliphatic heterocycles. The van der Waals surface area contributed by atoms with Gasteiger partial charge in [-0.3, -0.25) is 0 Å². The number of hydrogen-bond donors (Lipinski definition) is 1. The Kier molecular flexibility index (Phi) is 4.66. The Hall–Kier alpha value is -0.0800. The third-order valence-electron chi connectivity index (χ3n) is 4.49. The van der Waals surface area contributed by atoms with Gasteiger partial charge < -0.3 is 10.2 Å². The van der Waals surface area contributed by atoms with Crippen molar-refractivity contribution in [2.75, 3.05) is 32.7 Å². The molecule has 1 N–H and O–H groups in total. The van der Waals surface area contributed by atoms with Gasteiger partial charge in [0.25, 0.3) is 0 Å². The highest BCUT2D eigenvalue weighted by Gasteiger charge is 2.22. The average molecular weight is 224 g/mol. The van der Waals surface area contributed by atoms with E-state index in [-0.39, 0.29) is 0 Å². The minimum absolute atomic E-state index is 0.882. The van der Waals surface area contributed by atoms with E-state index in [0.717, 1.165) is 17.8 Å². The molecule has 16 heavy (non-hydrogen) atoms. The molecule has 0 aromatic rings. The molecule has 2 aliphatic rings. The first-order valence-electron chi connectivity index (χ1n) is 7.19. The Morgan fingerprint density at radius 2 is 2.06 bits per heavy atom. The monoisotopic (exact) mass is 224 g/mol. The van der Waals surface area contributed by atoms with Crippen molar-refractivity contribution in [2.24, 2.45) is 17.8 Å². The van der Waals surface area contributed by atoms with Gasteiger partial charge in [0.05, 0.1) is 0 Å². The molecule has 0 aromatic heterocycles. The minimum atomic E-state index is 0.882. The Labute approximate surface area is 101 Å². The fraction of sp³-hybridized carbons (Fsp3) is 1.00. The van der Waals surface area contributed by atoms with Gasteiger partial charge in [0, 0.05) is 6.54 Å². The van der Waals surface area contributed by atoms with Gasteiger partial charge in [-0.2, -0.15) is 0 Å². The molecule has 2 atom stereocenters. The van der Waals surface area contributed by atoms with Crippen LogP contribution in [0.25, 0.3) is 0 Å². The second-order valence-electron chi connectivity index (χ2n) is 6.09. The van der Waals surface area contributed by atoms with Crippen molar-refractivity contribution in [1.82, 2.24) is 10.2 Å². The summed E-state index contributed by atoms with van der Waals surface area (Å²) in [7, 11) is 0. The maximum absolute atomic E-state index is 3.48. The van der Waals surface area contributed by atoms with E-state index >= 15 is 0 Å². The summed E-state index contributed by atoms with van der Waals surface area (Å²) in [6, 6.07) is 0. The van der Waals surface area contributed by atoms with Gasteiger partial charge in [-0.15, -0.1) is 0 Å². The summed E-state index contributed by atoms with van der Waals surface area (Å²) in [5, 5.41) is 3.48. The lowest BCUT2D eigenvalue weighted by Gasteiger charge is -2.23. The van der Waals surface area contributed by atoms with Gasteiger partial charge in [0.1, 0.15) is 0 Å². The van der Waals surface area contributed by atoms with E-state index in [9.17, 15) is 0 Å². The molecule has 2 saturated heterocycles. The van der Waals surface area contributed by atoms with Gasteiger partial charge >= 0.3 is 0 Å². The van der Waals surface area contributed by atoms with Crippen LogP contribution in [0.15, 0.2) is 0 Å². The summed E-state index contributed by atoms with van der Waals surface area (Å²) in [4.78, 5) is 2.72. The van der Waals surface area contributed by atoms with Crippen LogP contribution in [-0.2, 0) is 0 Å². The van der Waals surface area contributed by atoms with E-state index in [1.807, 2.05) is 0 Å². The van der Waals surface area contributed by atoms with Crippen LogP contribution < -0.4 is 5.32 Å². The van der Waals surface area contributed by atoms with Crippen molar-refractivity contribution >= 4 is 0 Å². The Bertz CT molecular complexity index is 197. The largest absolute Gasteiger partial charge is 0.316 e. The van der Waals surface area contributed by atoms with E-state index in [4.69, 9.17) is 0 Å². The van der Waals surface area contributed by atoms with Crippen LogP contribution in [0.3, 0.4) is 0 Å². The molecule has 2 unspecified atom stereocenters. The fourth-order valence-electron chi connectivity index (χ4n) is 3.27. The normalized spacial score (nSPS) is 33.2. The van der Waals surface area contributed by atoms with E-state index in [1.54, 1.807) is 0 Å². The maximum atomic E-state index is 3.48. The zero-order chi connectivity index (χ0) is 11.4. The van der Waals surface area contributed by atoms with Crippen LogP contribution in [0.5, 0.6) is 0 Å². The van der Waals surface area contributed by atoms with Gasteiger partial charge in [0.15, 0.2) is 0 Å². The molecule has 0 radical (unpaired) electrons. The molecular formula is C14H28N2. The lowest BCUT2D eigenvalue weighted by Crippen LogP contribution is -2.31. The molecule has 0 spiro atoms. The Balaban J connectivity index is 1.74. The smallest absolute Gasteiger partial charge is 0.00223 e. The highest BCUT2D eigenvalue weighted by atomic mass is 15.1. The molecule has 0 aliphatic carbocycles. The third kappa shape index (κ3) is 3.46. The first kappa shape index (κ1) is 12.4. The van der Waals surface area contributed by atoms with Gasteiger partial charge in [0.2, 0.25) is 0 Å². The molecule has 2 nitrogen and oxygen atoms in total. The highest BCUT2D eigenvalue weighted by molar-refractivity contribution is 4.78. The predicted molar refractivity (Wildman–Crippen MR) is 69.6 cm³/mol. The quantitative estimate of drug-likeness (QED) is 0.791. The van der Waals surface area contributed by atoms with Crippen molar-refractivity contribution in [2.45, 2.75) is 39.5 Å². The summed E-state index contributed by atoms with van der Waals surface area (Å²) >= 11 is 0. The fourth-order valence-corrected chi connectivity index (χ4v) is 3.27. The molecule has 2 rings (SSSR count). The molecule has 2 heteroatoms. The molecule has 0 bridgehead atoms. The van der Waals surface area contributed by atoms with E-state index < -0.39 is 0 Å². The zero-order valence-corrected chi connectivity index (χ0v) is 11.0. The summed E-state index contributed by atoms with van der Waals surface area (Å²) < 4.78 is 0. The first-order chi connectivity index (χ1) is 7.75. The average Bonchev–Trinajstić information content (AvgIpc) is 2.63. The predicted octanol–water partition coefficient (Wildman–Crippen LogP) is 2.35. The minimum Gasteiger partial charge on any atom is -0.316 e. The van der Waals surface area contributed by atoms with Crippen LogP contribution in [-0.4, -0.2) is 37.6 Å². The van der Waals surface area contributed by atoms with Crippen LogP contribution >= 0.6 is 0 Å². The van der Waals surface area contributed by atoms with Gasteiger partial charge in [-0.25, -0.2) is 0 Å². The Morgan fingerprint density at radius 3 is 2.75 bits per heavy atom. The number of nitrogens with one attached hydrogen (secondary N) is 1. The van der Waals surface area contributed by atoms with Crippen LogP contribution in [0.2, 0.25) is 0 Å². The van der Waals surface area contributed by atoms with Crippen molar-refractivity contribution in [3.8, 4) is 0 Å². The SMILES string of the molecule is CC(C)C1CCCN(CC2CCNC2)CC1. The third-order valence-corrected chi connectivity index (χ3v) is 4.49. The highest BCUT2D eigenvalue weighted by Crippen LogP contribution is 2.25. The first-order valence-corrected chi connectivity index (χ1v) is 7.19. The van der Waals surface area contributed by atoms with Gasteiger partial charge in [-0.05, 0) is 69.6 Å². The van der Waals surface area contributed by atoms with E-state index in [1.165, 1.54) is 58.4 Å². The van der Waals surface area contributed by atoms with Gasteiger partial charge in [-0.1, -0.05) is 13.8 Å². The second kappa shape index (κ2) is 6.02. The summed E-state index contributed by atoms with van der Waals surface area (Å²) in [5.41, 5.74) is 0. The summed E-state index contributed by atoms with van der Waals surface area (Å²) in [6.45, 7) is 11.3. The number of rotatable bonds is 3. The molecule has 94 valence electrons. The van der Waals surface area contributed by atoms with Crippen LogP contribution in [0.4, 0.5) is 0 Å². The topological polar surface area (TPSA) is 15.3 Å². The number of hydrogen-bond acceptors (Lipinski definition) is 2. The van der Waals surface area contributed by atoms with Crippen LogP contribution in [0, 0.1) is 17.8 Å². The standard InChI is InChI=1S/C14H28N2/c1-12(2)14-4-3-8-16(9-6-14)11-13-5-7-15-10-13/h12-15H,3-11H2,1-2H3. The van der Waals surface area contributed by atoms with Crippen LogP contribution in [0.1, 0.15) is 39.5 Å². The van der Waals surface area contributed by atoms with Crippen molar-refractivity contribution in [3.05, 3.63) is 0 Å². The molecule has 0 saturated carbocycles. The molecular weight excluding hydrogens is 196 g/mol. The lowest BCUT2D eigenvalue weighted by atomic mass is 9.89. The molecule has 2 fully saturated rings. The van der Waals surface area contributed by atoms with Crippen molar-refractivity contribution in [1.29, 1.82) is 0 Å². The molecule has 2 heterocycles. The number of nitrogens with zero attached hydrogens (tertiary/aromatic N) is 1. The summed E-state index contributed by atoms with van der Waals surface area (Å²) in [5.74, 6) is 2.79. The zero-order valence-electron chi connectivity index (χ0n) is 11.0. The molecule has 0 aromatic carbocycles. The van der Waals surface area contributed by atoms with Crippen molar-refractivity contribution < 1.29 is 0 Å². The number of likely N-dealkylation sites (tertiary alicyclic amines) is 1. The molecule has 0 amide bonds. The lowest BCUT2D eigenvalue weighted by molar-refractivity contribution is 0.238. The second-order valence-corrected chi connectivity index (χ2v) is 6.09. The Morgan fingerprint density at radius 1 is 1.19 bits per heavy atom. The summed E-state index contributed by atoms with van der Waals surface area (Å²) in [6.07, 6.45) is 5.70. The van der Waals surface area contributed by atoms with E-state index in [0.29, 0.717) is 0 Å². The van der Waals surface area contributed by atoms with E-state index in [2.05, 4.69) is 24.1 Å². The maximum Gasteiger partial charge on any atom is 0.00223 e.